The molecule has 2 aromatic carbocycles. The minimum absolute atomic E-state index is 0.202. The van der Waals surface area contributed by atoms with Crippen molar-refractivity contribution in [2.45, 2.75) is 26.8 Å². The van der Waals surface area contributed by atoms with Gasteiger partial charge in [-0.2, -0.15) is 0 Å². The van der Waals surface area contributed by atoms with Gasteiger partial charge in [-0.25, -0.2) is 9.79 Å². The standard InChI is InChI=1S/C28H28N2O5S/c1-5-34-25-20(15-11-16-21(25)33-4)24-23(27(32)35-6-2)18(3)29-28-30(24)26(31)22(36-28)17-10-14-19-12-8-7-9-13-19/h7-17,24H,5-6H2,1-4H3/b14-10+,22-17?/t24-/m1/s1. The van der Waals surface area contributed by atoms with Gasteiger partial charge in [0.25, 0.3) is 5.56 Å². The molecule has 0 amide bonds. The average Bonchev–Trinajstić information content (AvgIpc) is 3.19. The fraction of sp³-hybridized carbons (Fsp3) is 0.250. The number of benzene rings is 2. The van der Waals surface area contributed by atoms with E-state index in [1.165, 1.54) is 11.3 Å². The molecule has 7 nitrogen and oxygen atoms in total. The number of esters is 1. The number of fused-ring (bicyclic) bond motifs is 1. The third-order valence-corrected chi connectivity index (χ3v) is 6.67. The zero-order chi connectivity index (χ0) is 25.7. The van der Waals surface area contributed by atoms with Crippen LogP contribution in [0, 0.1) is 0 Å². The summed E-state index contributed by atoms with van der Waals surface area (Å²) in [6.45, 7) is 5.96. The van der Waals surface area contributed by atoms with E-state index in [1.807, 2.05) is 61.5 Å². The molecule has 1 aliphatic heterocycles. The van der Waals surface area contributed by atoms with E-state index >= 15 is 0 Å². The lowest BCUT2D eigenvalue weighted by atomic mass is 9.94. The van der Waals surface area contributed by atoms with Gasteiger partial charge in [-0.05, 0) is 38.5 Å². The lowest BCUT2D eigenvalue weighted by Gasteiger charge is -2.26. The van der Waals surface area contributed by atoms with Crippen molar-refractivity contribution in [1.29, 1.82) is 0 Å². The molecule has 1 atom stereocenters. The van der Waals surface area contributed by atoms with Gasteiger partial charge in [0.05, 0.1) is 36.1 Å². The number of hydrogen-bond donors (Lipinski definition) is 0. The smallest absolute Gasteiger partial charge is 0.338 e. The SMILES string of the molecule is CCOC(=O)C1=C(C)N=c2sc(=C/C=C/c3ccccc3)c(=O)n2[C@@H]1c1cccc(OC)c1OCC. The first-order chi connectivity index (χ1) is 17.5. The maximum absolute atomic E-state index is 13.7. The molecular formula is C28H28N2O5S. The summed E-state index contributed by atoms with van der Waals surface area (Å²) in [7, 11) is 1.56. The maximum Gasteiger partial charge on any atom is 0.338 e. The molecule has 0 spiro atoms. The summed E-state index contributed by atoms with van der Waals surface area (Å²) in [5.41, 5.74) is 2.20. The number of hydrogen-bond acceptors (Lipinski definition) is 7. The molecule has 4 rings (SSSR count). The summed E-state index contributed by atoms with van der Waals surface area (Å²) >= 11 is 1.27. The maximum atomic E-state index is 13.7. The molecule has 0 saturated heterocycles. The minimum Gasteiger partial charge on any atom is -0.493 e. The molecule has 0 N–H and O–H groups in total. The van der Waals surface area contributed by atoms with Crippen molar-refractivity contribution in [1.82, 2.24) is 4.57 Å². The average molecular weight is 505 g/mol. The second kappa shape index (κ2) is 11.2. The molecule has 0 bridgehead atoms. The van der Waals surface area contributed by atoms with E-state index in [0.29, 0.717) is 44.3 Å². The number of para-hydroxylation sites is 1. The van der Waals surface area contributed by atoms with Crippen LogP contribution in [0.5, 0.6) is 11.5 Å². The third-order valence-electron chi connectivity index (χ3n) is 5.67. The predicted octanol–water partition coefficient (Wildman–Crippen LogP) is 3.87. The fourth-order valence-electron chi connectivity index (χ4n) is 4.12. The van der Waals surface area contributed by atoms with Crippen molar-refractivity contribution in [3.8, 4) is 11.5 Å². The summed E-state index contributed by atoms with van der Waals surface area (Å²) in [6.07, 6.45) is 5.54. The van der Waals surface area contributed by atoms with Gasteiger partial charge in [0.15, 0.2) is 16.3 Å². The Morgan fingerprint density at radius 3 is 2.58 bits per heavy atom. The highest BCUT2D eigenvalue weighted by Gasteiger charge is 2.35. The summed E-state index contributed by atoms with van der Waals surface area (Å²) in [4.78, 5) is 31.9. The first-order valence-corrected chi connectivity index (χ1v) is 12.5. The van der Waals surface area contributed by atoms with E-state index in [-0.39, 0.29) is 12.2 Å². The van der Waals surface area contributed by atoms with Crippen LogP contribution >= 0.6 is 11.3 Å². The van der Waals surface area contributed by atoms with Crippen molar-refractivity contribution < 1.29 is 19.0 Å². The molecule has 8 heteroatoms. The van der Waals surface area contributed by atoms with Crippen LogP contribution in [0.1, 0.15) is 37.9 Å². The highest BCUT2D eigenvalue weighted by Crippen LogP contribution is 2.40. The monoisotopic (exact) mass is 504 g/mol. The van der Waals surface area contributed by atoms with E-state index in [9.17, 15) is 9.59 Å². The highest BCUT2D eigenvalue weighted by molar-refractivity contribution is 7.07. The number of carbonyl (C=O) groups excluding carboxylic acids is 1. The van der Waals surface area contributed by atoms with Gasteiger partial charge in [-0.1, -0.05) is 66.0 Å². The molecule has 0 saturated carbocycles. The summed E-state index contributed by atoms with van der Waals surface area (Å²) in [5, 5.41) is 0. The van der Waals surface area contributed by atoms with Gasteiger partial charge >= 0.3 is 5.97 Å². The molecule has 0 aliphatic carbocycles. The van der Waals surface area contributed by atoms with Crippen LogP contribution in [-0.2, 0) is 9.53 Å². The highest BCUT2D eigenvalue weighted by atomic mass is 32.1. The molecule has 0 radical (unpaired) electrons. The van der Waals surface area contributed by atoms with Crippen LogP contribution in [0.4, 0.5) is 0 Å². The Morgan fingerprint density at radius 2 is 1.89 bits per heavy atom. The molecular weight excluding hydrogens is 476 g/mol. The fourth-order valence-corrected chi connectivity index (χ4v) is 5.12. The van der Waals surface area contributed by atoms with Crippen molar-refractivity contribution >= 4 is 29.5 Å². The zero-order valence-corrected chi connectivity index (χ0v) is 21.5. The number of nitrogens with zero attached hydrogens (tertiary/aromatic N) is 2. The summed E-state index contributed by atoms with van der Waals surface area (Å²) in [6, 6.07) is 14.5. The Kier molecular flexibility index (Phi) is 7.85. The van der Waals surface area contributed by atoms with Gasteiger partial charge in [0.1, 0.15) is 6.04 Å². The Hall–Kier alpha value is -3.91. The Balaban J connectivity index is 1.93. The number of ether oxygens (including phenoxy) is 3. The summed E-state index contributed by atoms with van der Waals surface area (Å²) < 4.78 is 18.9. The van der Waals surface area contributed by atoms with Crippen LogP contribution in [0.3, 0.4) is 0 Å². The lowest BCUT2D eigenvalue weighted by molar-refractivity contribution is -0.139. The van der Waals surface area contributed by atoms with Crippen molar-refractivity contribution in [3.63, 3.8) is 0 Å². The van der Waals surface area contributed by atoms with Crippen molar-refractivity contribution in [3.05, 3.63) is 96.7 Å². The zero-order valence-electron chi connectivity index (χ0n) is 20.7. The normalized spacial score (nSPS) is 15.6. The van der Waals surface area contributed by atoms with Gasteiger partial charge in [0.2, 0.25) is 0 Å². The quantitative estimate of drug-likeness (QED) is 0.435. The molecule has 0 unspecified atom stereocenters. The van der Waals surface area contributed by atoms with Gasteiger partial charge in [-0.3, -0.25) is 9.36 Å². The van der Waals surface area contributed by atoms with E-state index in [1.54, 1.807) is 37.7 Å². The van der Waals surface area contributed by atoms with E-state index < -0.39 is 12.0 Å². The number of thiazole rings is 1. The second-order valence-electron chi connectivity index (χ2n) is 7.91. The molecule has 1 aromatic heterocycles. The van der Waals surface area contributed by atoms with Gasteiger partial charge in [-0.15, -0.1) is 0 Å². The number of aromatic nitrogens is 1. The van der Waals surface area contributed by atoms with Crippen LogP contribution in [-0.4, -0.2) is 30.9 Å². The predicted molar refractivity (Wildman–Crippen MR) is 141 cm³/mol. The topological polar surface area (TPSA) is 79.1 Å². The second-order valence-corrected chi connectivity index (χ2v) is 8.92. The summed E-state index contributed by atoms with van der Waals surface area (Å²) in [5.74, 6) is 0.468. The first kappa shape index (κ1) is 25.2. The minimum atomic E-state index is -0.780. The molecule has 2 heterocycles. The molecule has 36 heavy (non-hydrogen) atoms. The Morgan fingerprint density at radius 1 is 1.11 bits per heavy atom. The van der Waals surface area contributed by atoms with Crippen molar-refractivity contribution in [2.24, 2.45) is 4.99 Å². The van der Waals surface area contributed by atoms with E-state index in [0.717, 1.165) is 5.56 Å². The number of carbonyl (C=O) groups is 1. The lowest BCUT2D eigenvalue weighted by Crippen LogP contribution is -2.40. The first-order valence-electron chi connectivity index (χ1n) is 11.7. The van der Waals surface area contributed by atoms with Crippen LogP contribution in [0.2, 0.25) is 0 Å². The van der Waals surface area contributed by atoms with E-state index in [4.69, 9.17) is 14.2 Å². The third kappa shape index (κ3) is 4.90. The van der Waals surface area contributed by atoms with Crippen LogP contribution < -0.4 is 24.4 Å². The molecule has 3 aromatic rings. The molecule has 186 valence electrons. The Labute approximate surface area is 213 Å². The van der Waals surface area contributed by atoms with Crippen molar-refractivity contribution in [2.75, 3.05) is 20.3 Å². The number of rotatable bonds is 8. The van der Waals surface area contributed by atoms with E-state index in [2.05, 4.69) is 4.99 Å². The number of allylic oxidation sites excluding steroid dienone is 2. The Bertz CT molecular complexity index is 1500. The van der Waals surface area contributed by atoms with Crippen LogP contribution in [0.15, 0.2) is 75.7 Å². The van der Waals surface area contributed by atoms with Gasteiger partial charge < -0.3 is 14.2 Å². The van der Waals surface area contributed by atoms with Crippen LogP contribution in [0.25, 0.3) is 12.2 Å². The largest absolute Gasteiger partial charge is 0.493 e. The van der Waals surface area contributed by atoms with Gasteiger partial charge in [0, 0.05) is 5.56 Å². The molecule has 1 aliphatic rings. The number of methoxy groups -OCH3 is 1. The molecule has 0 fully saturated rings.